The third kappa shape index (κ3) is 3.34. The Morgan fingerprint density at radius 1 is 1.41 bits per heavy atom. The van der Waals surface area contributed by atoms with Crippen molar-refractivity contribution in [3.8, 4) is 0 Å². The lowest BCUT2D eigenvalue weighted by Crippen LogP contribution is -2.20. The van der Waals surface area contributed by atoms with Crippen LogP contribution < -0.4 is 5.32 Å². The third-order valence-corrected chi connectivity index (χ3v) is 3.42. The summed E-state index contributed by atoms with van der Waals surface area (Å²) in [5.41, 5.74) is 0.958. The summed E-state index contributed by atoms with van der Waals surface area (Å²) >= 11 is 6.85. The maximum absolute atomic E-state index is 4.33. The Hall–Kier alpha value is -0.790. The molecule has 0 aliphatic rings. The Kier molecular flexibility index (Phi) is 4.25. The Morgan fingerprint density at radius 3 is 2.88 bits per heavy atom. The van der Waals surface area contributed by atoms with Crippen LogP contribution in [0.25, 0.3) is 0 Å². The molecular formula is C10H11Br2N5. The van der Waals surface area contributed by atoms with Gasteiger partial charge in [0.15, 0.2) is 0 Å². The van der Waals surface area contributed by atoms with Crippen molar-refractivity contribution < 1.29 is 0 Å². The predicted molar refractivity (Wildman–Crippen MR) is 71.3 cm³/mol. The van der Waals surface area contributed by atoms with Gasteiger partial charge in [0.2, 0.25) is 0 Å². The molecule has 17 heavy (non-hydrogen) atoms. The molecule has 90 valence electrons. The van der Waals surface area contributed by atoms with Gasteiger partial charge in [-0.1, -0.05) is 0 Å². The molecule has 1 atom stereocenters. The maximum atomic E-state index is 4.33. The van der Waals surface area contributed by atoms with E-state index in [0.29, 0.717) is 6.54 Å². The molecule has 2 aromatic heterocycles. The average Bonchev–Trinajstić information content (AvgIpc) is 2.81. The zero-order valence-corrected chi connectivity index (χ0v) is 12.3. The topological polar surface area (TPSA) is 66.5 Å². The lowest BCUT2D eigenvalue weighted by Gasteiger charge is -2.11. The number of aromatic nitrogens is 4. The molecule has 0 amide bonds. The van der Waals surface area contributed by atoms with Crippen molar-refractivity contribution in [3.05, 3.63) is 39.1 Å². The number of nitrogens with one attached hydrogen (secondary N) is 2. The van der Waals surface area contributed by atoms with E-state index in [0.717, 1.165) is 20.5 Å². The second-order valence-electron chi connectivity index (χ2n) is 3.56. The van der Waals surface area contributed by atoms with E-state index in [1.807, 2.05) is 13.0 Å². The van der Waals surface area contributed by atoms with Crippen LogP contribution >= 0.6 is 31.9 Å². The quantitative estimate of drug-likeness (QED) is 0.879. The average molecular weight is 361 g/mol. The number of pyridine rings is 1. The van der Waals surface area contributed by atoms with Crippen molar-refractivity contribution in [1.29, 1.82) is 0 Å². The summed E-state index contributed by atoms with van der Waals surface area (Å²) in [6.07, 6.45) is 3.28. The van der Waals surface area contributed by atoms with Crippen molar-refractivity contribution in [1.82, 2.24) is 25.5 Å². The molecule has 0 bridgehead atoms. The minimum Gasteiger partial charge on any atom is -0.302 e. The van der Waals surface area contributed by atoms with Crippen LogP contribution in [0, 0.1) is 0 Å². The van der Waals surface area contributed by atoms with E-state index < -0.39 is 0 Å². The van der Waals surface area contributed by atoms with Gasteiger partial charge in [-0.25, -0.2) is 4.98 Å². The van der Waals surface area contributed by atoms with Crippen molar-refractivity contribution in [2.24, 2.45) is 0 Å². The van der Waals surface area contributed by atoms with Gasteiger partial charge < -0.3 is 5.32 Å². The third-order valence-electron chi connectivity index (χ3n) is 2.30. The van der Waals surface area contributed by atoms with Crippen molar-refractivity contribution in [3.63, 3.8) is 0 Å². The molecule has 0 aromatic carbocycles. The van der Waals surface area contributed by atoms with Gasteiger partial charge in [-0.2, -0.15) is 5.10 Å². The number of nitrogens with zero attached hydrogens (tertiary/aromatic N) is 3. The van der Waals surface area contributed by atoms with Gasteiger partial charge in [0, 0.05) is 21.7 Å². The van der Waals surface area contributed by atoms with E-state index >= 15 is 0 Å². The first-order valence-electron chi connectivity index (χ1n) is 5.05. The number of hydrogen-bond acceptors (Lipinski definition) is 4. The van der Waals surface area contributed by atoms with Gasteiger partial charge >= 0.3 is 0 Å². The Bertz CT molecular complexity index is 485. The monoisotopic (exact) mass is 359 g/mol. The number of halogens is 2. The minimum atomic E-state index is 0.106. The Labute approximate surface area is 116 Å². The van der Waals surface area contributed by atoms with E-state index in [1.54, 1.807) is 6.20 Å². The summed E-state index contributed by atoms with van der Waals surface area (Å²) in [6, 6.07) is 2.08. The number of aromatic amines is 1. The van der Waals surface area contributed by atoms with E-state index in [2.05, 4.69) is 57.3 Å². The van der Waals surface area contributed by atoms with Crippen LogP contribution in [0.2, 0.25) is 0 Å². The van der Waals surface area contributed by atoms with E-state index in [9.17, 15) is 0 Å². The van der Waals surface area contributed by atoms with Crippen LogP contribution in [0.5, 0.6) is 0 Å². The summed E-state index contributed by atoms with van der Waals surface area (Å²) in [6.45, 7) is 2.68. The fourth-order valence-corrected chi connectivity index (χ4v) is 2.47. The van der Waals surface area contributed by atoms with E-state index in [4.69, 9.17) is 0 Å². The van der Waals surface area contributed by atoms with Crippen molar-refractivity contribution in [2.75, 3.05) is 0 Å². The highest BCUT2D eigenvalue weighted by Gasteiger charge is 2.09. The molecule has 7 heteroatoms. The van der Waals surface area contributed by atoms with Gasteiger partial charge in [0.25, 0.3) is 0 Å². The normalized spacial score (nSPS) is 12.6. The lowest BCUT2D eigenvalue weighted by molar-refractivity contribution is 0.541. The van der Waals surface area contributed by atoms with Crippen LogP contribution in [0.15, 0.2) is 27.5 Å². The highest BCUT2D eigenvalue weighted by atomic mass is 79.9. The fraction of sp³-hybridized carbons (Fsp3) is 0.300. The summed E-state index contributed by atoms with van der Waals surface area (Å²) in [4.78, 5) is 8.42. The van der Waals surface area contributed by atoms with Crippen LogP contribution in [-0.2, 0) is 6.54 Å². The molecule has 0 aliphatic carbocycles. The molecule has 2 N–H and O–H groups in total. The second kappa shape index (κ2) is 5.70. The maximum Gasteiger partial charge on any atom is 0.141 e. The van der Waals surface area contributed by atoms with Crippen LogP contribution in [0.3, 0.4) is 0 Å². The molecule has 2 rings (SSSR count). The molecule has 0 aliphatic heterocycles. The van der Waals surface area contributed by atoms with Crippen molar-refractivity contribution >= 4 is 31.9 Å². The number of rotatable bonds is 4. The lowest BCUT2D eigenvalue weighted by atomic mass is 10.3. The summed E-state index contributed by atoms with van der Waals surface area (Å²) in [7, 11) is 0. The predicted octanol–water partition coefficient (Wildman–Crippen LogP) is 2.58. The zero-order valence-electron chi connectivity index (χ0n) is 9.11. The zero-order chi connectivity index (χ0) is 12.3. The summed E-state index contributed by atoms with van der Waals surface area (Å²) in [5.74, 6) is 0.818. The smallest absolute Gasteiger partial charge is 0.141 e. The van der Waals surface area contributed by atoms with Gasteiger partial charge in [0.1, 0.15) is 12.2 Å². The largest absolute Gasteiger partial charge is 0.302 e. The number of H-pyrrole nitrogens is 1. The second-order valence-corrected chi connectivity index (χ2v) is 5.33. The summed E-state index contributed by atoms with van der Waals surface area (Å²) in [5, 5.41) is 9.97. The first kappa shape index (κ1) is 12.7. The molecular weight excluding hydrogens is 350 g/mol. The SMILES string of the molecule is CC(NCc1ncc(Br)cc1Br)c1ncn[nH]1. The molecule has 2 aromatic rings. The molecule has 0 saturated heterocycles. The Balaban J connectivity index is 1.98. The summed E-state index contributed by atoms with van der Waals surface area (Å²) < 4.78 is 1.93. The van der Waals surface area contributed by atoms with Crippen LogP contribution in [0.4, 0.5) is 0 Å². The molecule has 0 spiro atoms. The number of hydrogen-bond donors (Lipinski definition) is 2. The first-order valence-corrected chi connectivity index (χ1v) is 6.64. The molecule has 5 nitrogen and oxygen atoms in total. The van der Waals surface area contributed by atoms with Gasteiger partial charge in [-0.3, -0.25) is 10.1 Å². The molecule has 1 unspecified atom stereocenters. The molecule has 0 fully saturated rings. The minimum absolute atomic E-state index is 0.106. The van der Waals surface area contributed by atoms with Gasteiger partial charge in [-0.05, 0) is 44.8 Å². The molecule has 0 saturated carbocycles. The standard InChI is InChI=1S/C10H11Br2N5/c1-6(10-15-5-16-17-10)13-4-9-8(12)2-7(11)3-14-9/h2-3,5-6,13H,4H2,1H3,(H,15,16,17). The highest BCUT2D eigenvalue weighted by Crippen LogP contribution is 2.20. The van der Waals surface area contributed by atoms with Crippen LogP contribution in [-0.4, -0.2) is 20.2 Å². The molecule has 0 radical (unpaired) electrons. The van der Waals surface area contributed by atoms with Crippen molar-refractivity contribution in [2.45, 2.75) is 19.5 Å². The van der Waals surface area contributed by atoms with E-state index in [1.165, 1.54) is 6.33 Å². The molecule has 2 heterocycles. The van der Waals surface area contributed by atoms with Crippen LogP contribution in [0.1, 0.15) is 24.5 Å². The highest BCUT2D eigenvalue weighted by molar-refractivity contribution is 9.11. The van der Waals surface area contributed by atoms with E-state index in [-0.39, 0.29) is 6.04 Å². The first-order chi connectivity index (χ1) is 8.16. The van der Waals surface area contributed by atoms with Gasteiger partial charge in [-0.15, -0.1) is 0 Å². The fourth-order valence-electron chi connectivity index (χ4n) is 1.34. The van der Waals surface area contributed by atoms with Gasteiger partial charge in [0.05, 0.1) is 11.7 Å². The Morgan fingerprint density at radius 2 is 2.24 bits per heavy atom.